The zero-order chi connectivity index (χ0) is 12.4. The van der Waals surface area contributed by atoms with Crippen LogP contribution in [0.25, 0.3) is 0 Å². The molecule has 2 aromatic carbocycles. The molecule has 2 unspecified atom stereocenters. The van der Waals surface area contributed by atoms with Crippen LogP contribution in [0.5, 0.6) is 17.2 Å². The molecule has 1 aliphatic rings. The van der Waals surface area contributed by atoms with Gasteiger partial charge in [0, 0.05) is 0 Å². The highest BCUT2D eigenvalue weighted by Gasteiger charge is 2.36. The molecule has 0 spiro atoms. The summed E-state index contributed by atoms with van der Waals surface area (Å²) in [4.78, 5) is 0. The third-order valence-electron chi connectivity index (χ3n) is 2.71. The summed E-state index contributed by atoms with van der Waals surface area (Å²) in [6.07, 6.45) is 0.108. The summed E-state index contributed by atoms with van der Waals surface area (Å²) in [6, 6.07) is 17.2. The quantitative estimate of drug-likeness (QED) is 0.767. The van der Waals surface area contributed by atoms with Crippen LogP contribution in [-0.2, 0) is 4.74 Å². The molecule has 1 aliphatic heterocycles. The Morgan fingerprint density at radius 3 is 2.00 bits per heavy atom. The van der Waals surface area contributed by atoms with Gasteiger partial charge in [-0.1, -0.05) is 18.2 Å². The van der Waals surface area contributed by atoms with E-state index < -0.39 is 0 Å². The lowest BCUT2D eigenvalue weighted by Crippen LogP contribution is -2.00. The summed E-state index contributed by atoms with van der Waals surface area (Å²) in [5.74, 6) is 2.41. The second kappa shape index (κ2) is 4.70. The lowest BCUT2D eigenvalue weighted by molar-refractivity contribution is 0.178. The van der Waals surface area contributed by atoms with Gasteiger partial charge < -0.3 is 14.2 Å². The van der Waals surface area contributed by atoms with E-state index in [9.17, 15) is 0 Å². The maximum atomic E-state index is 5.69. The fourth-order valence-corrected chi connectivity index (χ4v) is 1.63. The molecule has 0 aliphatic carbocycles. The first-order valence-corrected chi connectivity index (χ1v) is 5.96. The number of para-hydroxylation sites is 1. The van der Waals surface area contributed by atoms with Crippen molar-refractivity contribution >= 4 is 0 Å². The highest BCUT2D eigenvalue weighted by Crippen LogP contribution is 2.28. The molecule has 92 valence electrons. The fourth-order valence-electron chi connectivity index (χ4n) is 1.63. The van der Waals surface area contributed by atoms with E-state index in [1.807, 2.05) is 61.5 Å². The zero-order valence-electron chi connectivity index (χ0n) is 10.1. The van der Waals surface area contributed by atoms with Crippen LogP contribution >= 0.6 is 0 Å². The van der Waals surface area contributed by atoms with Crippen LogP contribution in [0.2, 0.25) is 0 Å². The van der Waals surface area contributed by atoms with Gasteiger partial charge in [-0.15, -0.1) is 0 Å². The van der Waals surface area contributed by atoms with Crippen molar-refractivity contribution in [1.29, 1.82) is 0 Å². The number of hydrogen-bond acceptors (Lipinski definition) is 3. The van der Waals surface area contributed by atoms with E-state index >= 15 is 0 Å². The molecule has 0 saturated carbocycles. The Morgan fingerprint density at radius 2 is 1.39 bits per heavy atom. The summed E-state index contributed by atoms with van der Waals surface area (Å²) in [7, 11) is 0. The molecule has 2 atom stereocenters. The molecule has 1 fully saturated rings. The summed E-state index contributed by atoms with van der Waals surface area (Å²) >= 11 is 0. The Hall–Kier alpha value is -2.00. The highest BCUT2D eigenvalue weighted by molar-refractivity contribution is 5.35. The predicted octanol–water partition coefficient (Wildman–Crippen LogP) is 3.60. The van der Waals surface area contributed by atoms with Gasteiger partial charge in [0.25, 0.3) is 0 Å². The van der Waals surface area contributed by atoms with Crippen molar-refractivity contribution < 1.29 is 14.2 Å². The standard InChI is InChI=1S/C15H14O3/c1-11-15(16-11)18-14-9-7-13(8-10-14)17-12-5-3-2-4-6-12/h2-11,15H,1H3. The van der Waals surface area contributed by atoms with Crippen LogP contribution in [0.15, 0.2) is 54.6 Å². The largest absolute Gasteiger partial charge is 0.462 e. The minimum Gasteiger partial charge on any atom is -0.462 e. The first kappa shape index (κ1) is 11.1. The van der Waals surface area contributed by atoms with Gasteiger partial charge in [-0.3, -0.25) is 0 Å². The number of benzene rings is 2. The minimum atomic E-state index is -0.0918. The number of hydrogen-bond donors (Lipinski definition) is 0. The molecular weight excluding hydrogens is 228 g/mol. The Labute approximate surface area is 106 Å². The molecule has 1 saturated heterocycles. The molecule has 18 heavy (non-hydrogen) atoms. The fraction of sp³-hybridized carbons (Fsp3) is 0.200. The van der Waals surface area contributed by atoms with Gasteiger partial charge in [0.1, 0.15) is 23.4 Å². The van der Waals surface area contributed by atoms with Gasteiger partial charge in [-0.05, 0) is 43.3 Å². The third kappa shape index (κ3) is 2.63. The minimum absolute atomic E-state index is 0.0918. The van der Waals surface area contributed by atoms with Crippen molar-refractivity contribution in [2.45, 2.75) is 19.3 Å². The maximum absolute atomic E-state index is 5.69. The van der Waals surface area contributed by atoms with Gasteiger partial charge in [0.2, 0.25) is 6.29 Å². The van der Waals surface area contributed by atoms with E-state index in [0.717, 1.165) is 17.2 Å². The van der Waals surface area contributed by atoms with Crippen LogP contribution in [0, 0.1) is 0 Å². The molecule has 0 aromatic heterocycles. The molecule has 3 rings (SSSR count). The van der Waals surface area contributed by atoms with Crippen molar-refractivity contribution in [3.63, 3.8) is 0 Å². The maximum Gasteiger partial charge on any atom is 0.226 e. The number of rotatable bonds is 4. The van der Waals surface area contributed by atoms with E-state index in [0.29, 0.717) is 0 Å². The topological polar surface area (TPSA) is 31.0 Å². The van der Waals surface area contributed by atoms with E-state index in [2.05, 4.69) is 0 Å². The lowest BCUT2D eigenvalue weighted by atomic mass is 10.3. The Morgan fingerprint density at radius 1 is 0.833 bits per heavy atom. The second-order valence-corrected chi connectivity index (χ2v) is 4.21. The summed E-state index contributed by atoms with van der Waals surface area (Å²) in [6.45, 7) is 1.98. The second-order valence-electron chi connectivity index (χ2n) is 4.21. The van der Waals surface area contributed by atoms with Crippen molar-refractivity contribution in [2.24, 2.45) is 0 Å². The Balaban J connectivity index is 1.64. The summed E-state index contributed by atoms with van der Waals surface area (Å²) in [5.41, 5.74) is 0. The van der Waals surface area contributed by atoms with Crippen molar-refractivity contribution in [1.82, 2.24) is 0 Å². The zero-order valence-corrected chi connectivity index (χ0v) is 10.1. The smallest absolute Gasteiger partial charge is 0.226 e. The monoisotopic (exact) mass is 242 g/mol. The first-order valence-electron chi connectivity index (χ1n) is 5.96. The van der Waals surface area contributed by atoms with Gasteiger partial charge in [-0.25, -0.2) is 0 Å². The SMILES string of the molecule is CC1OC1Oc1ccc(Oc2ccccc2)cc1. The predicted molar refractivity (Wildman–Crippen MR) is 67.9 cm³/mol. The van der Waals surface area contributed by atoms with Crippen LogP contribution in [0.3, 0.4) is 0 Å². The van der Waals surface area contributed by atoms with E-state index in [-0.39, 0.29) is 12.4 Å². The van der Waals surface area contributed by atoms with Crippen LogP contribution < -0.4 is 9.47 Å². The third-order valence-corrected chi connectivity index (χ3v) is 2.71. The molecular formula is C15H14O3. The van der Waals surface area contributed by atoms with Gasteiger partial charge in [0.15, 0.2) is 0 Å². The van der Waals surface area contributed by atoms with Crippen LogP contribution in [-0.4, -0.2) is 12.4 Å². The molecule has 0 amide bonds. The Bertz CT molecular complexity index is 507. The molecule has 3 heteroatoms. The lowest BCUT2D eigenvalue weighted by Gasteiger charge is -2.06. The van der Waals surface area contributed by atoms with E-state index in [1.165, 1.54) is 0 Å². The van der Waals surface area contributed by atoms with Gasteiger partial charge in [-0.2, -0.15) is 0 Å². The molecule has 0 bridgehead atoms. The molecule has 0 N–H and O–H groups in total. The summed E-state index contributed by atoms with van der Waals surface area (Å²) in [5, 5.41) is 0. The van der Waals surface area contributed by atoms with Crippen molar-refractivity contribution in [3.05, 3.63) is 54.6 Å². The molecule has 3 nitrogen and oxygen atoms in total. The Kier molecular flexibility index (Phi) is 2.90. The highest BCUT2D eigenvalue weighted by atomic mass is 16.8. The van der Waals surface area contributed by atoms with Crippen LogP contribution in [0.1, 0.15) is 6.92 Å². The normalized spacial score (nSPS) is 21.4. The average molecular weight is 242 g/mol. The number of epoxide rings is 1. The summed E-state index contributed by atoms with van der Waals surface area (Å²) < 4.78 is 16.4. The first-order chi connectivity index (χ1) is 8.81. The number of ether oxygens (including phenoxy) is 3. The van der Waals surface area contributed by atoms with Crippen molar-refractivity contribution in [2.75, 3.05) is 0 Å². The average Bonchev–Trinajstić information content (AvgIpc) is 3.09. The molecule has 1 heterocycles. The van der Waals surface area contributed by atoms with Crippen molar-refractivity contribution in [3.8, 4) is 17.2 Å². The van der Waals surface area contributed by atoms with Gasteiger partial charge >= 0.3 is 0 Å². The molecule has 2 aromatic rings. The van der Waals surface area contributed by atoms with Crippen LogP contribution in [0.4, 0.5) is 0 Å². The van der Waals surface area contributed by atoms with E-state index in [4.69, 9.17) is 14.2 Å². The van der Waals surface area contributed by atoms with Gasteiger partial charge in [0.05, 0.1) is 0 Å². The molecule has 0 radical (unpaired) electrons. The van der Waals surface area contributed by atoms with E-state index in [1.54, 1.807) is 0 Å².